The van der Waals surface area contributed by atoms with Crippen LogP contribution in [-0.4, -0.2) is 33.9 Å². The van der Waals surface area contributed by atoms with Crippen LogP contribution in [0.5, 0.6) is 0 Å². The first-order chi connectivity index (χ1) is 17.0. The monoisotopic (exact) mass is 516 g/mol. The molecule has 0 saturated heterocycles. The predicted octanol–water partition coefficient (Wildman–Crippen LogP) is 6.86. The summed E-state index contributed by atoms with van der Waals surface area (Å²) in [6, 6.07) is 0. The van der Waals surface area contributed by atoms with Crippen LogP contribution in [0.3, 0.4) is 0 Å². The molecular formula is C32H52O5. The Bertz CT molecular complexity index is 965. The van der Waals surface area contributed by atoms with Gasteiger partial charge in [0, 0.05) is 12.3 Å². The summed E-state index contributed by atoms with van der Waals surface area (Å²) in [5.41, 5.74) is -2.23. The highest BCUT2D eigenvalue weighted by Crippen LogP contribution is 2.78. The molecule has 0 aromatic carbocycles. The maximum Gasteiger partial charge on any atom is 0.310 e. The van der Waals surface area contributed by atoms with Crippen molar-refractivity contribution in [3.63, 3.8) is 0 Å². The summed E-state index contributed by atoms with van der Waals surface area (Å²) in [5.74, 6) is 0.222. The van der Waals surface area contributed by atoms with Gasteiger partial charge < -0.3 is 14.9 Å². The number of carboxylic acid groups (broad SMARTS) is 1. The van der Waals surface area contributed by atoms with Crippen LogP contribution in [0, 0.1) is 56.7 Å². The van der Waals surface area contributed by atoms with E-state index in [1.165, 1.54) is 19.8 Å². The molecule has 5 saturated carbocycles. The Hall–Kier alpha value is -1.10. The summed E-state index contributed by atoms with van der Waals surface area (Å²) in [7, 11) is 0. The number of aliphatic hydroxyl groups is 1. The molecule has 0 radical (unpaired) electrons. The second-order valence-electron chi connectivity index (χ2n) is 15.9. The zero-order valence-electron chi connectivity index (χ0n) is 24.7. The summed E-state index contributed by atoms with van der Waals surface area (Å²) in [4.78, 5) is 26.4. The first-order valence-corrected chi connectivity index (χ1v) is 15.1. The van der Waals surface area contributed by atoms with Gasteiger partial charge in [0.15, 0.2) is 0 Å². The van der Waals surface area contributed by atoms with E-state index in [-0.39, 0.29) is 46.1 Å². The molecule has 10 atom stereocenters. The molecule has 5 rings (SSSR count). The van der Waals surface area contributed by atoms with Crippen molar-refractivity contribution in [1.29, 1.82) is 0 Å². The Morgan fingerprint density at radius 1 is 0.838 bits per heavy atom. The van der Waals surface area contributed by atoms with E-state index >= 15 is 0 Å². The van der Waals surface area contributed by atoms with Gasteiger partial charge in [-0.2, -0.15) is 0 Å². The lowest BCUT2D eigenvalue weighted by molar-refractivity contribution is -0.285. The summed E-state index contributed by atoms with van der Waals surface area (Å²) in [5, 5.41) is 22.4. The van der Waals surface area contributed by atoms with E-state index in [2.05, 4.69) is 34.6 Å². The number of hydrogen-bond acceptors (Lipinski definition) is 4. The number of carboxylic acids is 1. The third kappa shape index (κ3) is 3.43. The topological polar surface area (TPSA) is 83.8 Å². The van der Waals surface area contributed by atoms with Crippen molar-refractivity contribution >= 4 is 11.9 Å². The molecule has 0 unspecified atom stereocenters. The number of aliphatic carboxylic acids is 1. The second kappa shape index (κ2) is 8.21. The number of ether oxygens (including phenoxy) is 1. The highest BCUT2D eigenvalue weighted by atomic mass is 16.5. The molecule has 5 fully saturated rings. The number of carbonyl (C=O) groups excluding carboxylic acids is 1. The minimum Gasteiger partial charge on any atom is -0.481 e. The Balaban J connectivity index is 1.67. The molecule has 5 heteroatoms. The number of rotatable bonds is 3. The molecule has 5 nitrogen and oxygen atoms in total. The fourth-order valence-electron chi connectivity index (χ4n) is 12.4. The number of carbonyl (C=O) groups is 2. The van der Waals surface area contributed by atoms with Crippen LogP contribution >= 0.6 is 0 Å². The van der Waals surface area contributed by atoms with Crippen molar-refractivity contribution in [2.75, 3.05) is 0 Å². The van der Waals surface area contributed by atoms with Crippen molar-refractivity contribution in [2.24, 2.45) is 56.7 Å². The zero-order chi connectivity index (χ0) is 27.4. The first kappa shape index (κ1) is 27.5. The van der Waals surface area contributed by atoms with Crippen molar-refractivity contribution in [3.05, 3.63) is 0 Å². The average molecular weight is 517 g/mol. The minimum absolute atomic E-state index is 0.0275. The molecule has 2 N–H and O–H groups in total. The maximum absolute atomic E-state index is 13.8. The predicted molar refractivity (Wildman–Crippen MR) is 144 cm³/mol. The van der Waals surface area contributed by atoms with Gasteiger partial charge in [0.2, 0.25) is 0 Å². The molecule has 0 heterocycles. The highest BCUT2D eigenvalue weighted by Gasteiger charge is 2.77. The number of fused-ring (bicyclic) bond motifs is 7. The van der Waals surface area contributed by atoms with E-state index in [0.29, 0.717) is 18.3 Å². The van der Waals surface area contributed by atoms with Gasteiger partial charge >= 0.3 is 11.9 Å². The van der Waals surface area contributed by atoms with E-state index in [9.17, 15) is 19.8 Å². The quantitative estimate of drug-likeness (QED) is 0.401. The molecule has 0 aliphatic heterocycles. The second-order valence-corrected chi connectivity index (χ2v) is 15.9. The van der Waals surface area contributed by atoms with E-state index < -0.39 is 22.4 Å². The lowest BCUT2D eigenvalue weighted by Gasteiger charge is -2.73. The molecule has 0 amide bonds. The van der Waals surface area contributed by atoms with Crippen LogP contribution in [0.25, 0.3) is 0 Å². The van der Waals surface area contributed by atoms with Crippen LogP contribution in [0.1, 0.15) is 120 Å². The zero-order valence-corrected chi connectivity index (χ0v) is 24.7. The highest BCUT2D eigenvalue weighted by molar-refractivity contribution is 5.78. The lowest BCUT2D eigenvalue weighted by Crippen LogP contribution is -2.73. The average Bonchev–Trinajstić information content (AvgIpc) is 3.12. The molecule has 0 spiro atoms. The van der Waals surface area contributed by atoms with Gasteiger partial charge in [-0.05, 0) is 117 Å². The minimum atomic E-state index is -0.925. The largest absolute Gasteiger partial charge is 0.481 e. The normalized spacial score (nSPS) is 50.7. The third-order valence-electron chi connectivity index (χ3n) is 13.8. The Morgan fingerprint density at radius 2 is 1.49 bits per heavy atom. The third-order valence-corrected chi connectivity index (χ3v) is 13.8. The number of hydrogen-bond donors (Lipinski definition) is 2. The molecule has 0 bridgehead atoms. The van der Waals surface area contributed by atoms with Gasteiger partial charge in [-0.3, -0.25) is 9.59 Å². The Kier molecular flexibility index (Phi) is 6.09. The summed E-state index contributed by atoms with van der Waals surface area (Å²) in [6.45, 7) is 17.1. The van der Waals surface area contributed by atoms with Gasteiger partial charge in [0.05, 0.1) is 11.0 Å². The van der Waals surface area contributed by atoms with E-state index in [0.717, 1.165) is 44.9 Å². The van der Waals surface area contributed by atoms with E-state index in [1.807, 2.05) is 13.8 Å². The summed E-state index contributed by atoms with van der Waals surface area (Å²) in [6.07, 6.45) is 9.19. The van der Waals surface area contributed by atoms with Crippen molar-refractivity contribution in [3.8, 4) is 0 Å². The van der Waals surface area contributed by atoms with Gasteiger partial charge in [0.1, 0.15) is 6.10 Å². The van der Waals surface area contributed by atoms with Gasteiger partial charge in [-0.25, -0.2) is 0 Å². The summed E-state index contributed by atoms with van der Waals surface area (Å²) < 4.78 is 6.25. The van der Waals surface area contributed by atoms with E-state index in [4.69, 9.17) is 4.74 Å². The number of esters is 1. The molecule has 5 aliphatic rings. The van der Waals surface area contributed by atoms with Crippen LogP contribution in [0.2, 0.25) is 0 Å². The van der Waals surface area contributed by atoms with Crippen molar-refractivity contribution in [2.45, 2.75) is 131 Å². The van der Waals surface area contributed by atoms with Gasteiger partial charge in [-0.15, -0.1) is 0 Å². The molecule has 210 valence electrons. The Labute approximate surface area is 224 Å². The summed E-state index contributed by atoms with van der Waals surface area (Å²) >= 11 is 0. The van der Waals surface area contributed by atoms with Crippen LogP contribution in [0.15, 0.2) is 0 Å². The molecule has 5 aliphatic carbocycles. The van der Waals surface area contributed by atoms with Crippen LogP contribution in [0.4, 0.5) is 0 Å². The molecule has 0 aromatic heterocycles. The Morgan fingerprint density at radius 3 is 2.08 bits per heavy atom. The lowest BCUT2D eigenvalue weighted by atomic mass is 9.31. The molecule has 37 heavy (non-hydrogen) atoms. The molecular weight excluding hydrogens is 464 g/mol. The van der Waals surface area contributed by atoms with Gasteiger partial charge in [-0.1, -0.05) is 41.0 Å². The fourth-order valence-corrected chi connectivity index (χ4v) is 12.4. The standard InChI is InChI=1S/C32H52O5/c1-19(33)37-25-18-24-27(2,3)14-9-15-30(24,7)22-10-11-23-29(6)16-12-20(28(4,5)36)21(29)13-17-32(23,26(34)35)31(22,25)8/h20-25,36H,9-18H2,1-8H3,(H,34,35)/t20-,21-,22+,23+,24-,25-,29-,30+,31-,32+/m0/s1. The first-order valence-electron chi connectivity index (χ1n) is 15.1. The van der Waals surface area contributed by atoms with Crippen LogP contribution in [-0.2, 0) is 14.3 Å². The molecule has 0 aromatic rings. The maximum atomic E-state index is 13.8. The van der Waals surface area contributed by atoms with Gasteiger partial charge in [0.25, 0.3) is 0 Å². The van der Waals surface area contributed by atoms with Crippen LogP contribution < -0.4 is 0 Å². The SMILES string of the molecule is CC(=O)O[C@H]1C[C@H]2C(C)(C)CCC[C@]2(C)[C@H]2CC[C@@H]3[C@@]4(C)CC[C@H](C(C)(C)O)[C@@H]4CC[C@@]3(C(=O)O)[C@]12C. The smallest absolute Gasteiger partial charge is 0.310 e. The van der Waals surface area contributed by atoms with Crippen molar-refractivity contribution in [1.82, 2.24) is 0 Å². The van der Waals surface area contributed by atoms with E-state index in [1.54, 1.807) is 0 Å². The fraction of sp³-hybridized carbons (Fsp3) is 0.938. The van der Waals surface area contributed by atoms with Crippen molar-refractivity contribution < 1.29 is 24.5 Å².